The fraction of sp³-hybridized carbons (Fsp3) is 0.0833. The minimum Gasteiger partial charge on any atom is -0.454 e. The molecule has 0 atom stereocenters. The van der Waals surface area contributed by atoms with Crippen LogP contribution in [0.2, 0.25) is 0 Å². The summed E-state index contributed by atoms with van der Waals surface area (Å²) in [5.41, 5.74) is 2.08. The summed E-state index contributed by atoms with van der Waals surface area (Å²) in [7, 11) is 0. The molecule has 0 fully saturated rings. The standard InChI is InChI=1S/C12H10IN3O/c13-12-4-3-10(17-12)7-14-9-2-1-8-6-15-16-11(8)5-9/h1-6,14H,7H2,(H,15,16). The van der Waals surface area contributed by atoms with Crippen LogP contribution in [-0.4, -0.2) is 10.2 Å². The number of H-pyrrole nitrogens is 1. The summed E-state index contributed by atoms with van der Waals surface area (Å²) in [6.45, 7) is 0.683. The van der Waals surface area contributed by atoms with Crippen LogP contribution in [0.5, 0.6) is 0 Å². The van der Waals surface area contributed by atoms with Gasteiger partial charge >= 0.3 is 0 Å². The van der Waals surface area contributed by atoms with Gasteiger partial charge in [-0.05, 0) is 52.9 Å². The van der Waals surface area contributed by atoms with Crippen LogP contribution in [0, 0.1) is 3.77 Å². The fourth-order valence-corrected chi connectivity index (χ4v) is 2.15. The summed E-state index contributed by atoms with van der Waals surface area (Å²) in [5.74, 6) is 0.930. The van der Waals surface area contributed by atoms with Crippen molar-refractivity contribution in [2.75, 3.05) is 5.32 Å². The topological polar surface area (TPSA) is 53.9 Å². The second kappa shape index (κ2) is 4.40. The molecule has 0 saturated carbocycles. The molecule has 17 heavy (non-hydrogen) atoms. The molecule has 0 spiro atoms. The number of aromatic nitrogens is 2. The highest BCUT2D eigenvalue weighted by Crippen LogP contribution is 2.18. The zero-order valence-corrected chi connectivity index (χ0v) is 11.1. The molecule has 0 aliphatic rings. The van der Waals surface area contributed by atoms with Crippen molar-refractivity contribution >= 4 is 39.2 Å². The monoisotopic (exact) mass is 339 g/mol. The summed E-state index contributed by atoms with van der Waals surface area (Å²) in [6, 6.07) is 10.0. The first-order chi connectivity index (χ1) is 8.31. The predicted molar refractivity (Wildman–Crippen MR) is 74.8 cm³/mol. The van der Waals surface area contributed by atoms with Crippen LogP contribution in [0.15, 0.2) is 40.9 Å². The number of nitrogens with zero attached hydrogens (tertiary/aromatic N) is 1. The van der Waals surface area contributed by atoms with Gasteiger partial charge in [-0.1, -0.05) is 0 Å². The average molecular weight is 339 g/mol. The third-order valence-corrected chi connectivity index (χ3v) is 3.12. The van der Waals surface area contributed by atoms with E-state index in [1.54, 1.807) is 0 Å². The van der Waals surface area contributed by atoms with Gasteiger partial charge in [0.2, 0.25) is 0 Å². The Morgan fingerprint density at radius 3 is 3.06 bits per heavy atom. The molecule has 3 rings (SSSR count). The van der Waals surface area contributed by atoms with Gasteiger partial charge in [0, 0.05) is 11.1 Å². The van der Waals surface area contributed by atoms with Gasteiger partial charge in [0.05, 0.1) is 18.3 Å². The van der Waals surface area contributed by atoms with Crippen LogP contribution in [0.25, 0.3) is 10.9 Å². The lowest BCUT2D eigenvalue weighted by molar-refractivity contribution is 0.493. The number of furan rings is 1. The Labute approximate surface area is 112 Å². The molecular weight excluding hydrogens is 329 g/mol. The SMILES string of the molecule is Ic1ccc(CNc2ccc3cn[nH]c3c2)o1. The molecule has 0 radical (unpaired) electrons. The maximum absolute atomic E-state index is 5.48. The maximum atomic E-state index is 5.48. The van der Waals surface area contributed by atoms with Gasteiger partial charge in [-0.3, -0.25) is 5.10 Å². The quantitative estimate of drug-likeness (QED) is 0.720. The van der Waals surface area contributed by atoms with E-state index in [1.807, 2.05) is 36.5 Å². The van der Waals surface area contributed by atoms with Gasteiger partial charge in [0.25, 0.3) is 0 Å². The molecule has 2 aromatic heterocycles. The highest BCUT2D eigenvalue weighted by molar-refractivity contribution is 14.1. The molecule has 4 nitrogen and oxygen atoms in total. The van der Waals surface area contributed by atoms with Gasteiger partial charge in [0.15, 0.2) is 3.77 Å². The van der Waals surface area contributed by atoms with Crippen molar-refractivity contribution in [1.82, 2.24) is 10.2 Å². The lowest BCUT2D eigenvalue weighted by Crippen LogP contribution is -1.97. The molecule has 5 heteroatoms. The molecule has 0 amide bonds. The Morgan fingerprint density at radius 2 is 2.24 bits per heavy atom. The third kappa shape index (κ3) is 2.28. The van der Waals surface area contributed by atoms with Crippen LogP contribution in [-0.2, 0) is 6.54 Å². The van der Waals surface area contributed by atoms with E-state index in [1.165, 1.54) is 0 Å². The molecule has 86 valence electrons. The van der Waals surface area contributed by atoms with Crippen molar-refractivity contribution in [3.63, 3.8) is 0 Å². The van der Waals surface area contributed by atoms with Gasteiger partial charge in [-0.15, -0.1) is 0 Å². The Bertz CT molecular complexity index is 644. The lowest BCUT2D eigenvalue weighted by Gasteiger charge is -2.03. The number of fused-ring (bicyclic) bond motifs is 1. The predicted octanol–water partition coefficient (Wildman–Crippen LogP) is 3.37. The van der Waals surface area contributed by atoms with E-state index in [0.29, 0.717) is 6.54 Å². The van der Waals surface area contributed by atoms with Gasteiger partial charge < -0.3 is 9.73 Å². The van der Waals surface area contributed by atoms with Crippen LogP contribution < -0.4 is 5.32 Å². The molecule has 3 aromatic rings. The van der Waals surface area contributed by atoms with E-state index in [2.05, 4.69) is 38.1 Å². The smallest absolute Gasteiger partial charge is 0.164 e. The minimum atomic E-state index is 0.683. The second-order valence-corrected chi connectivity index (χ2v) is 4.79. The minimum absolute atomic E-state index is 0.683. The van der Waals surface area contributed by atoms with Crippen molar-refractivity contribution in [2.45, 2.75) is 6.54 Å². The normalized spacial score (nSPS) is 10.9. The number of aromatic amines is 1. The molecule has 0 aliphatic carbocycles. The first-order valence-corrected chi connectivity index (χ1v) is 6.30. The van der Waals surface area contributed by atoms with Crippen molar-refractivity contribution in [2.24, 2.45) is 0 Å². The molecule has 1 aromatic carbocycles. The highest BCUT2D eigenvalue weighted by Gasteiger charge is 2.01. The number of hydrogen-bond donors (Lipinski definition) is 2. The van der Waals surface area contributed by atoms with Crippen molar-refractivity contribution in [3.8, 4) is 0 Å². The number of benzene rings is 1. The van der Waals surface area contributed by atoms with Crippen LogP contribution in [0.3, 0.4) is 0 Å². The van der Waals surface area contributed by atoms with Crippen molar-refractivity contribution in [1.29, 1.82) is 0 Å². The Balaban J connectivity index is 1.76. The second-order valence-electron chi connectivity index (χ2n) is 3.73. The van der Waals surface area contributed by atoms with E-state index in [0.717, 1.165) is 26.1 Å². The maximum Gasteiger partial charge on any atom is 0.164 e. The van der Waals surface area contributed by atoms with Crippen LogP contribution in [0.4, 0.5) is 5.69 Å². The Hall–Kier alpha value is -1.50. The number of hydrogen-bond acceptors (Lipinski definition) is 3. The van der Waals surface area contributed by atoms with Gasteiger partial charge in [-0.2, -0.15) is 5.10 Å². The van der Waals surface area contributed by atoms with Crippen molar-refractivity contribution in [3.05, 3.63) is 46.1 Å². The van der Waals surface area contributed by atoms with E-state index in [4.69, 9.17) is 4.42 Å². The van der Waals surface area contributed by atoms with E-state index in [9.17, 15) is 0 Å². The molecule has 0 aliphatic heterocycles. The summed E-state index contributed by atoms with van der Waals surface area (Å²) in [4.78, 5) is 0. The van der Waals surface area contributed by atoms with E-state index < -0.39 is 0 Å². The Kier molecular flexibility index (Phi) is 2.76. The van der Waals surface area contributed by atoms with E-state index in [-0.39, 0.29) is 0 Å². The summed E-state index contributed by atoms with van der Waals surface area (Å²) in [5, 5.41) is 11.4. The summed E-state index contributed by atoms with van der Waals surface area (Å²) >= 11 is 2.16. The van der Waals surface area contributed by atoms with E-state index >= 15 is 0 Å². The number of anilines is 1. The van der Waals surface area contributed by atoms with Crippen LogP contribution in [0.1, 0.15) is 5.76 Å². The third-order valence-electron chi connectivity index (χ3n) is 2.54. The summed E-state index contributed by atoms with van der Waals surface area (Å²) in [6.07, 6.45) is 1.81. The zero-order valence-electron chi connectivity index (χ0n) is 8.90. The first kappa shape index (κ1) is 10.6. The molecule has 2 N–H and O–H groups in total. The van der Waals surface area contributed by atoms with Crippen molar-refractivity contribution < 1.29 is 4.42 Å². The first-order valence-electron chi connectivity index (χ1n) is 5.22. The number of halogens is 1. The number of rotatable bonds is 3. The number of nitrogens with one attached hydrogen (secondary N) is 2. The average Bonchev–Trinajstić information content (AvgIpc) is 2.94. The lowest BCUT2D eigenvalue weighted by atomic mass is 10.2. The van der Waals surface area contributed by atoms with Gasteiger partial charge in [-0.25, -0.2) is 0 Å². The Morgan fingerprint density at radius 1 is 1.29 bits per heavy atom. The summed E-state index contributed by atoms with van der Waals surface area (Å²) < 4.78 is 6.39. The fourth-order valence-electron chi connectivity index (χ4n) is 1.68. The molecular formula is C12H10IN3O. The largest absolute Gasteiger partial charge is 0.454 e. The molecule has 0 unspecified atom stereocenters. The molecule has 0 bridgehead atoms. The zero-order chi connectivity index (χ0) is 11.7. The molecule has 0 saturated heterocycles. The highest BCUT2D eigenvalue weighted by atomic mass is 127. The molecule has 2 heterocycles. The van der Waals surface area contributed by atoms with Crippen LogP contribution >= 0.6 is 22.6 Å². The van der Waals surface area contributed by atoms with Gasteiger partial charge in [0.1, 0.15) is 5.76 Å².